The summed E-state index contributed by atoms with van der Waals surface area (Å²) in [5.74, 6) is -1.17. The van der Waals surface area contributed by atoms with Gasteiger partial charge in [0.1, 0.15) is 0 Å². The topological polar surface area (TPSA) is 62.7 Å². The van der Waals surface area contributed by atoms with Crippen LogP contribution < -0.4 is 9.64 Å². The number of ether oxygens (including phenoxy) is 1. The summed E-state index contributed by atoms with van der Waals surface area (Å²) in [5.41, 5.74) is 2.54. The third kappa shape index (κ3) is 4.59. The Morgan fingerprint density at radius 2 is 1.90 bits per heavy atom. The van der Waals surface area contributed by atoms with Crippen molar-refractivity contribution in [2.45, 2.75) is 38.3 Å². The third-order valence-electron chi connectivity index (χ3n) is 5.29. The molecule has 1 saturated carbocycles. The first-order valence-electron chi connectivity index (χ1n) is 10.1. The first-order chi connectivity index (χ1) is 14.6. The van der Waals surface area contributed by atoms with Crippen molar-refractivity contribution in [2.24, 2.45) is 0 Å². The number of benzene rings is 2. The number of carboxylic acids is 1. The van der Waals surface area contributed by atoms with E-state index < -0.39 is 11.8 Å². The van der Waals surface area contributed by atoms with Crippen LogP contribution in [0.3, 0.4) is 0 Å². The highest BCUT2D eigenvalue weighted by Crippen LogP contribution is 2.34. The van der Waals surface area contributed by atoms with Gasteiger partial charge in [-0.2, -0.15) is 0 Å². The standard InChI is InChI=1S/C24H23FN2O3/c25-22-11-10-20(14-23(22)30-21-8-1-2-9-21)27(16-17-5-4-12-26-15-17)19-7-3-6-18(13-19)24(28)29/h3-7,10-15,21H,1-2,8-9,16H2,(H,28,29). The molecule has 2 aromatic carbocycles. The van der Waals surface area contributed by atoms with Crippen LogP contribution in [0, 0.1) is 5.82 Å². The van der Waals surface area contributed by atoms with Gasteiger partial charge >= 0.3 is 5.97 Å². The molecule has 0 atom stereocenters. The van der Waals surface area contributed by atoms with E-state index in [1.54, 1.807) is 42.7 Å². The summed E-state index contributed by atoms with van der Waals surface area (Å²) >= 11 is 0. The fourth-order valence-corrected chi connectivity index (χ4v) is 3.75. The van der Waals surface area contributed by atoms with Crippen molar-refractivity contribution >= 4 is 17.3 Å². The molecule has 1 fully saturated rings. The molecular weight excluding hydrogens is 383 g/mol. The Hall–Kier alpha value is -3.41. The molecule has 154 valence electrons. The Morgan fingerprint density at radius 3 is 2.63 bits per heavy atom. The summed E-state index contributed by atoms with van der Waals surface area (Å²) < 4.78 is 20.4. The van der Waals surface area contributed by atoms with Crippen LogP contribution in [0.4, 0.5) is 15.8 Å². The monoisotopic (exact) mass is 406 g/mol. The molecule has 1 heterocycles. The van der Waals surface area contributed by atoms with Crippen LogP contribution in [0.15, 0.2) is 67.0 Å². The zero-order valence-electron chi connectivity index (χ0n) is 16.5. The Kier molecular flexibility index (Phi) is 5.93. The number of aromatic carboxylic acids is 1. The van der Waals surface area contributed by atoms with Gasteiger partial charge in [0, 0.05) is 36.4 Å². The van der Waals surface area contributed by atoms with Gasteiger partial charge < -0.3 is 14.7 Å². The van der Waals surface area contributed by atoms with E-state index in [2.05, 4.69) is 4.98 Å². The van der Waals surface area contributed by atoms with Gasteiger partial charge in [-0.15, -0.1) is 0 Å². The lowest BCUT2D eigenvalue weighted by atomic mass is 10.1. The lowest BCUT2D eigenvalue weighted by molar-refractivity contribution is 0.0697. The lowest BCUT2D eigenvalue weighted by Crippen LogP contribution is -2.18. The van der Waals surface area contributed by atoms with Crippen molar-refractivity contribution in [1.82, 2.24) is 4.98 Å². The van der Waals surface area contributed by atoms with Crippen molar-refractivity contribution in [2.75, 3.05) is 4.90 Å². The van der Waals surface area contributed by atoms with E-state index in [4.69, 9.17) is 4.74 Å². The first kappa shape index (κ1) is 19.9. The van der Waals surface area contributed by atoms with Gasteiger partial charge in [0.2, 0.25) is 0 Å². The van der Waals surface area contributed by atoms with Crippen molar-refractivity contribution in [3.8, 4) is 5.75 Å². The van der Waals surface area contributed by atoms with Gasteiger partial charge in [0.15, 0.2) is 11.6 Å². The Morgan fingerprint density at radius 1 is 1.10 bits per heavy atom. The summed E-state index contributed by atoms with van der Waals surface area (Å²) in [6, 6.07) is 15.3. The molecule has 0 spiro atoms. The van der Waals surface area contributed by atoms with Crippen molar-refractivity contribution in [3.05, 3.63) is 83.9 Å². The molecule has 0 unspecified atom stereocenters. The Bertz CT molecular complexity index is 1020. The number of aromatic nitrogens is 1. The van der Waals surface area contributed by atoms with Crippen LogP contribution in [0.1, 0.15) is 41.6 Å². The second-order valence-corrected chi connectivity index (χ2v) is 7.44. The number of hydrogen-bond acceptors (Lipinski definition) is 4. The number of pyridine rings is 1. The molecular formula is C24H23FN2O3. The molecule has 3 aromatic rings. The number of carbonyl (C=O) groups is 1. The van der Waals surface area contributed by atoms with Gasteiger partial charge in [0.05, 0.1) is 11.7 Å². The normalized spacial score (nSPS) is 13.9. The first-order valence-corrected chi connectivity index (χ1v) is 10.1. The predicted molar refractivity (Wildman–Crippen MR) is 113 cm³/mol. The summed E-state index contributed by atoms with van der Waals surface area (Å²) in [7, 11) is 0. The van der Waals surface area contributed by atoms with Gasteiger partial charge in [-0.25, -0.2) is 9.18 Å². The van der Waals surface area contributed by atoms with E-state index in [0.29, 0.717) is 12.2 Å². The van der Waals surface area contributed by atoms with E-state index in [9.17, 15) is 14.3 Å². The van der Waals surface area contributed by atoms with Crippen LogP contribution in [-0.4, -0.2) is 22.2 Å². The maximum atomic E-state index is 14.5. The van der Waals surface area contributed by atoms with Crippen LogP contribution in [0.25, 0.3) is 0 Å². The average molecular weight is 406 g/mol. The number of halogens is 1. The van der Waals surface area contributed by atoms with Crippen molar-refractivity contribution in [3.63, 3.8) is 0 Å². The molecule has 0 saturated heterocycles. The Balaban J connectivity index is 1.71. The molecule has 1 N–H and O–H groups in total. The van der Waals surface area contributed by atoms with E-state index >= 15 is 0 Å². The molecule has 0 aliphatic heterocycles. The van der Waals surface area contributed by atoms with Gasteiger partial charge in [0.25, 0.3) is 0 Å². The molecule has 0 amide bonds. The minimum Gasteiger partial charge on any atom is -0.487 e. The number of nitrogens with zero attached hydrogens (tertiary/aromatic N) is 2. The van der Waals surface area contributed by atoms with Gasteiger partial charge in [-0.05, 0) is 67.6 Å². The molecule has 1 aliphatic carbocycles. The number of carboxylic acid groups (broad SMARTS) is 1. The smallest absolute Gasteiger partial charge is 0.335 e. The zero-order valence-corrected chi connectivity index (χ0v) is 16.5. The fraction of sp³-hybridized carbons (Fsp3) is 0.250. The number of rotatable bonds is 7. The van der Waals surface area contributed by atoms with E-state index in [0.717, 1.165) is 36.9 Å². The van der Waals surface area contributed by atoms with Crippen LogP contribution in [-0.2, 0) is 6.54 Å². The second-order valence-electron chi connectivity index (χ2n) is 7.44. The molecule has 1 aromatic heterocycles. The molecule has 0 bridgehead atoms. The predicted octanol–water partition coefficient (Wildman–Crippen LogP) is 5.58. The molecule has 4 rings (SSSR count). The van der Waals surface area contributed by atoms with Gasteiger partial charge in [-0.1, -0.05) is 12.1 Å². The highest BCUT2D eigenvalue weighted by Gasteiger charge is 2.20. The largest absolute Gasteiger partial charge is 0.487 e. The Labute approximate surface area is 174 Å². The second kappa shape index (κ2) is 8.95. The minimum atomic E-state index is -0.998. The lowest BCUT2D eigenvalue weighted by Gasteiger charge is -2.26. The van der Waals surface area contributed by atoms with Crippen LogP contribution in [0.5, 0.6) is 5.75 Å². The third-order valence-corrected chi connectivity index (χ3v) is 5.29. The zero-order chi connectivity index (χ0) is 20.9. The van der Waals surface area contributed by atoms with E-state index in [1.165, 1.54) is 6.07 Å². The minimum absolute atomic E-state index is 0.0388. The van der Waals surface area contributed by atoms with Crippen LogP contribution in [0.2, 0.25) is 0 Å². The summed E-state index contributed by atoms with van der Waals surface area (Å²) in [5, 5.41) is 9.39. The summed E-state index contributed by atoms with van der Waals surface area (Å²) in [6.07, 6.45) is 7.56. The number of hydrogen-bond donors (Lipinski definition) is 1. The number of anilines is 2. The van der Waals surface area contributed by atoms with E-state index in [1.807, 2.05) is 23.1 Å². The SMILES string of the molecule is O=C(O)c1cccc(N(Cc2cccnc2)c2ccc(F)c(OC3CCCC3)c2)c1. The molecule has 1 aliphatic rings. The molecule has 0 radical (unpaired) electrons. The summed E-state index contributed by atoms with van der Waals surface area (Å²) in [6.45, 7) is 0.450. The van der Waals surface area contributed by atoms with E-state index in [-0.39, 0.29) is 17.4 Å². The van der Waals surface area contributed by atoms with Crippen molar-refractivity contribution < 1.29 is 19.0 Å². The average Bonchev–Trinajstić information content (AvgIpc) is 3.28. The van der Waals surface area contributed by atoms with Crippen molar-refractivity contribution in [1.29, 1.82) is 0 Å². The highest BCUT2D eigenvalue weighted by atomic mass is 19.1. The quantitative estimate of drug-likeness (QED) is 0.555. The molecule has 30 heavy (non-hydrogen) atoms. The highest BCUT2D eigenvalue weighted by molar-refractivity contribution is 5.89. The molecule has 5 nitrogen and oxygen atoms in total. The van der Waals surface area contributed by atoms with Crippen LogP contribution >= 0.6 is 0 Å². The maximum Gasteiger partial charge on any atom is 0.335 e. The van der Waals surface area contributed by atoms with Gasteiger partial charge in [-0.3, -0.25) is 4.98 Å². The molecule has 6 heteroatoms. The fourth-order valence-electron chi connectivity index (χ4n) is 3.75. The maximum absolute atomic E-state index is 14.5. The summed E-state index contributed by atoms with van der Waals surface area (Å²) in [4.78, 5) is 17.6.